The number of aromatic nitrogens is 2. The smallest absolute Gasteiger partial charge is 0.280 e. The lowest BCUT2D eigenvalue weighted by Gasteiger charge is -2.18. The van der Waals surface area contributed by atoms with Crippen molar-refractivity contribution in [3.8, 4) is 0 Å². The molecule has 0 bridgehead atoms. The number of H-pyrrole nitrogens is 1. The molecule has 0 saturated heterocycles. The molecule has 0 radical (unpaired) electrons. The van der Waals surface area contributed by atoms with E-state index in [-0.39, 0.29) is 11.0 Å². The first-order valence-electron chi connectivity index (χ1n) is 4.96. The van der Waals surface area contributed by atoms with Crippen molar-refractivity contribution < 1.29 is 0 Å². The Hall–Kier alpha value is -1.64. The Bertz CT molecular complexity index is 549. The zero-order chi connectivity index (χ0) is 11.1. The molecule has 1 N–H and O–H groups in total. The number of nitrogens with one attached hydrogen (secondary N) is 1. The predicted octanol–water partition coefficient (Wildman–Crippen LogP) is 2.22. The summed E-state index contributed by atoms with van der Waals surface area (Å²) in [5.74, 6) is 0. The average molecular weight is 202 g/mol. The molecule has 0 aliphatic rings. The monoisotopic (exact) mass is 202 g/mol. The van der Waals surface area contributed by atoms with E-state index in [9.17, 15) is 4.79 Å². The van der Waals surface area contributed by atoms with Gasteiger partial charge in [0.05, 0.1) is 17.2 Å². The Kier molecular flexibility index (Phi) is 2.11. The number of nitrogens with zero attached hydrogens (tertiary/aromatic N) is 1. The van der Waals surface area contributed by atoms with Crippen molar-refractivity contribution >= 4 is 10.9 Å². The van der Waals surface area contributed by atoms with Gasteiger partial charge in [-0.2, -0.15) is 4.98 Å². The first-order valence-corrected chi connectivity index (χ1v) is 4.96. The van der Waals surface area contributed by atoms with Crippen molar-refractivity contribution in [1.82, 2.24) is 9.97 Å². The highest BCUT2D eigenvalue weighted by Gasteiger charge is 2.14. The molecule has 0 spiro atoms. The fraction of sp³-hybridized carbons (Fsp3) is 0.333. The number of hydrogen-bond donors (Lipinski definition) is 1. The van der Waals surface area contributed by atoms with E-state index in [4.69, 9.17) is 0 Å². The molecule has 78 valence electrons. The molecule has 0 amide bonds. The van der Waals surface area contributed by atoms with Gasteiger partial charge >= 0.3 is 0 Å². The first-order chi connectivity index (χ1) is 6.98. The van der Waals surface area contributed by atoms with Gasteiger partial charge in [0.15, 0.2) is 0 Å². The lowest BCUT2D eigenvalue weighted by Crippen LogP contribution is -2.13. The second-order valence-corrected chi connectivity index (χ2v) is 4.72. The van der Waals surface area contributed by atoms with E-state index < -0.39 is 0 Å². The highest BCUT2D eigenvalue weighted by Crippen LogP contribution is 2.23. The molecule has 0 unspecified atom stereocenters. The summed E-state index contributed by atoms with van der Waals surface area (Å²) in [6.07, 6.45) is 1.43. The van der Waals surface area contributed by atoms with Crippen LogP contribution in [0.25, 0.3) is 10.9 Å². The quantitative estimate of drug-likeness (QED) is 0.712. The normalized spacial score (nSPS) is 11.9. The van der Waals surface area contributed by atoms with E-state index in [2.05, 4.69) is 30.7 Å². The molecule has 15 heavy (non-hydrogen) atoms. The zero-order valence-electron chi connectivity index (χ0n) is 9.16. The van der Waals surface area contributed by atoms with Crippen molar-refractivity contribution in [2.45, 2.75) is 26.2 Å². The number of rotatable bonds is 0. The molecule has 1 aromatic heterocycles. The molecule has 3 heteroatoms. The van der Waals surface area contributed by atoms with Gasteiger partial charge in [0.2, 0.25) is 0 Å². The van der Waals surface area contributed by atoms with Gasteiger partial charge in [-0.05, 0) is 23.1 Å². The van der Waals surface area contributed by atoms with Crippen LogP contribution < -0.4 is 5.56 Å². The van der Waals surface area contributed by atoms with Gasteiger partial charge in [-0.3, -0.25) is 4.79 Å². The van der Waals surface area contributed by atoms with Gasteiger partial charge < -0.3 is 4.98 Å². The first kappa shape index (κ1) is 9.90. The standard InChI is InChI=1S/C12H14N2O/c1-12(2,3)8-4-5-10-9(6-8)11(15)14-7-13-10/h4-7H,1-3H3,(H,13,14,15). The summed E-state index contributed by atoms with van der Waals surface area (Å²) < 4.78 is 0. The summed E-state index contributed by atoms with van der Waals surface area (Å²) in [4.78, 5) is 18.2. The van der Waals surface area contributed by atoms with Gasteiger partial charge in [-0.15, -0.1) is 0 Å². The van der Waals surface area contributed by atoms with Crippen molar-refractivity contribution in [3.05, 3.63) is 40.4 Å². The Morgan fingerprint density at radius 1 is 1.27 bits per heavy atom. The maximum absolute atomic E-state index is 11.5. The lowest BCUT2D eigenvalue weighted by molar-refractivity contribution is 0.591. The van der Waals surface area contributed by atoms with Crippen LogP contribution in [-0.4, -0.2) is 9.97 Å². The number of hydrogen-bond acceptors (Lipinski definition) is 2. The molecule has 0 atom stereocenters. The summed E-state index contributed by atoms with van der Waals surface area (Å²) in [5.41, 5.74) is 1.86. The van der Waals surface area contributed by atoms with E-state index in [0.717, 1.165) is 11.1 Å². The summed E-state index contributed by atoms with van der Waals surface area (Å²) in [6, 6.07) is 5.89. The van der Waals surface area contributed by atoms with E-state index in [1.807, 2.05) is 18.2 Å². The topological polar surface area (TPSA) is 45.8 Å². The molecule has 3 nitrogen and oxygen atoms in total. The molecule has 0 fully saturated rings. The Morgan fingerprint density at radius 2 is 2.00 bits per heavy atom. The van der Waals surface area contributed by atoms with E-state index in [1.54, 1.807) is 0 Å². The minimum absolute atomic E-state index is 0.0521. The maximum atomic E-state index is 11.5. The van der Waals surface area contributed by atoms with E-state index in [1.165, 1.54) is 6.33 Å². The predicted molar refractivity (Wildman–Crippen MR) is 61.1 cm³/mol. The molecule has 0 saturated carbocycles. The van der Waals surface area contributed by atoms with Crippen molar-refractivity contribution in [1.29, 1.82) is 0 Å². The van der Waals surface area contributed by atoms with Crippen LogP contribution in [-0.2, 0) is 5.41 Å². The van der Waals surface area contributed by atoms with Crippen LogP contribution in [0.2, 0.25) is 0 Å². The molecular weight excluding hydrogens is 188 g/mol. The maximum Gasteiger partial charge on any atom is 0.280 e. The highest BCUT2D eigenvalue weighted by molar-refractivity contribution is 5.78. The molecule has 2 aromatic rings. The zero-order valence-corrected chi connectivity index (χ0v) is 9.16. The molecule has 0 aliphatic heterocycles. The minimum Gasteiger partial charge on any atom is -0.346 e. The van der Waals surface area contributed by atoms with Gasteiger partial charge in [0.1, 0.15) is 0 Å². The third-order valence-electron chi connectivity index (χ3n) is 2.52. The summed E-state index contributed by atoms with van der Waals surface area (Å²) in [7, 11) is 0. The third-order valence-corrected chi connectivity index (χ3v) is 2.52. The van der Waals surface area contributed by atoms with Crippen LogP contribution in [0, 0.1) is 0 Å². The fourth-order valence-corrected chi connectivity index (χ4v) is 1.54. The van der Waals surface area contributed by atoms with Crippen LogP contribution in [0.1, 0.15) is 26.3 Å². The molecule has 0 aliphatic carbocycles. The lowest BCUT2D eigenvalue weighted by atomic mass is 9.86. The second-order valence-electron chi connectivity index (χ2n) is 4.72. The molecule has 2 rings (SSSR count). The number of fused-ring (bicyclic) bond motifs is 1. The third kappa shape index (κ3) is 1.77. The van der Waals surface area contributed by atoms with Gasteiger partial charge in [0, 0.05) is 0 Å². The highest BCUT2D eigenvalue weighted by atomic mass is 16.1. The van der Waals surface area contributed by atoms with Crippen LogP contribution in [0.4, 0.5) is 0 Å². The Labute approximate surface area is 88.2 Å². The van der Waals surface area contributed by atoms with Gasteiger partial charge in [0.25, 0.3) is 5.56 Å². The van der Waals surface area contributed by atoms with E-state index >= 15 is 0 Å². The van der Waals surface area contributed by atoms with Crippen molar-refractivity contribution in [2.75, 3.05) is 0 Å². The van der Waals surface area contributed by atoms with Crippen LogP contribution in [0.3, 0.4) is 0 Å². The van der Waals surface area contributed by atoms with E-state index in [0.29, 0.717) is 5.39 Å². The Morgan fingerprint density at radius 3 is 2.67 bits per heavy atom. The van der Waals surface area contributed by atoms with Crippen molar-refractivity contribution in [3.63, 3.8) is 0 Å². The Balaban J connectivity index is 2.76. The summed E-state index contributed by atoms with van der Waals surface area (Å²) in [6.45, 7) is 6.37. The SMILES string of the molecule is CC(C)(C)c1ccc2[nH]cnc(=O)c2c1. The second kappa shape index (κ2) is 3.19. The van der Waals surface area contributed by atoms with Crippen LogP contribution in [0.5, 0.6) is 0 Å². The number of aromatic amines is 1. The average Bonchev–Trinajstić information content (AvgIpc) is 2.16. The van der Waals surface area contributed by atoms with Crippen LogP contribution >= 0.6 is 0 Å². The van der Waals surface area contributed by atoms with Crippen LogP contribution in [0.15, 0.2) is 29.3 Å². The fourth-order valence-electron chi connectivity index (χ4n) is 1.54. The largest absolute Gasteiger partial charge is 0.346 e. The number of benzene rings is 1. The molecule has 1 heterocycles. The molecular formula is C12H14N2O. The van der Waals surface area contributed by atoms with Crippen molar-refractivity contribution in [2.24, 2.45) is 0 Å². The van der Waals surface area contributed by atoms with Gasteiger partial charge in [-0.25, -0.2) is 0 Å². The minimum atomic E-state index is -0.171. The van der Waals surface area contributed by atoms with Gasteiger partial charge in [-0.1, -0.05) is 26.8 Å². The summed E-state index contributed by atoms with van der Waals surface area (Å²) in [5, 5.41) is 0.657. The molecule has 1 aromatic carbocycles. The summed E-state index contributed by atoms with van der Waals surface area (Å²) >= 11 is 0.